The minimum Gasteiger partial charge on any atom is -0.455 e. The summed E-state index contributed by atoms with van der Waals surface area (Å²) in [6, 6.07) is 61.6. The van der Waals surface area contributed by atoms with Crippen LogP contribution < -0.4 is 5.32 Å². The molecule has 10 rings (SSSR count). The second-order valence-electron chi connectivity index (χ2n) is 13.0. The maximum atomic E-state index is 6.69. The van der Waals surface area contributed by atoms with Crippen molar-refractivity contribution in [3.63, 3.8) is 0 Å². The number of nitrogens with zero attached hydrogens (tertiary/aromatic N) is 2. The van der Waals surface area contributed by atoms with Crippen molar-refractivity contribution in [1.82, 2.24) is 5.32 Å². The Morgan fingerprint density at radius 1 is 0.431 bits per heavy atom. The first-order valence-electron chi connectivity index (χ1n) is 17.3. The van der Waals surface area contributed by atoms with Crippen molar-refractivity contribution in [1.29, 1.82) is 0 Å². The van der Waals surface area contributed by atoms with Gasteiger partial charge in [0, 0.05) is 33.0 Å². The van der Waals surface area contributed by atoms with Crippen LogP contribution in [0, 0.1) is 0 Å². The topological polar surface area (TPSA) is 49.9 Å². The Morgan fingerprint density at radius 3 is 1.65 bits per heavy atom. The van der Waals surface area contributed by atoms with Gasteiger partial charge in [-0.25, -0.2) is 9.98 Å². The summed E-state index contributed by atoms with van der Waals surface area (Å²) in [6.07, 6.45) is -0.493. The van der Waals surface area contributed by atoms with Gasteiger partial charge in [0.05, 0.1) is 0 Å². The maximum Gasteiger partial charge on any atom is 0.170 e. The lowest BCUT2D eigenvalue weighted by molar-refractivity contribution is 0.668. The van der Waals surface area contributed by atoms with Crippen molar-refractivity contribution in [3.8, 4) is 22.3 Å². The summed E-state index contributed by atoms with van der Waals surface area (Å²) in [7, 11) is 0. The molecule has 2 heterocycles. The van der Waals surface area contributed by atoms with E-state index in [2.05, 4.69) is 163 Å². The van der Waals surface area contributed by atoms with Crippen LogP contribution in [0.5, 0.6) is 0 Å². The van der Waals surface area contributed by atoms with E-state index in [1.165, 1.54) is 21.9 Å². The van der Waals surface area contributed by atoms with Crippen LogP contribution in [-0.2, 0) is 0 Å². The van der Waals surface area contributed by atoms with Gasteiger partial charge in [0.1, 0.15) is 22.8 Å². The summed E-state index contributed by atoms with van der Waals surface area (Å²) in [6.45, 7) is 0. The van der Waals surface area contributed by atoms with Gasteiger partial charge in [-0.2, -0.15) is 0 Å². The van der Waals surface area contributed by atoms with E-state index in [0.717, 1.165) is 72.2 Å². The van der Waals surface area contributed by atoms with Crippen molar-refractivity contribution in [2.24, 2.45) is 9.98 Å². The Labute approximate surface area is 295 Å². The molecule has 1 N–H and O–H groups in total. The number of nitrogens with one attached hydrogen (secondary N) is 1. The average Bonchev–Trinajstić information content (AvgIpc) is 3.60. The molecule has 1 aromatic heterocycles. The Morgan fingerprint density at radius 2 is 0.980 bits per heavy atom. The lowest BCUT2D eigenvalue weighted by Crippen LogP contribution is -2.36. The Hall–Kier alpha value is -6.78. The molecule has 51 heavy (non-hydrogen) atoms. The molecule has 1 aliphatic heterocycles. The van der Waals surface area contributed by atoms with Gasteiger partial charge in [-0.05, 0) is 56.4 Å². The minimum absolute atomic E-state index is 0.493. The maximum absolute atomic E-state index is 6.69. The summed E-state index contributed by atoms with van der Waals surface area (Å²) in [5.74, 6) is 1.57. The third-order valence-corrected chi connectivity index (χ3v) is 9.92. The van der Waals surface area contributed by atoms with Gasteiger partial charge in [0.2, 0.25) is 0 Å². The van der Waals surface area contributed by atoms with E-state index >= 15 is 0 Å². The number of furan rings is 1. The van der Waals surface area contributed by atoms with Crippen LogP contribution in [0.1, 0.15) is 22.9 Å². The average molecular weight is 654 g/mol. The van der Waals surface area contributed by atoms with Crippen molar-refractivity contribution in [2.45, 2.75) is 6.17 Å². The van der Waals surface area contributed by atoms with E-state index in [1.54, 1.807) is 0 Å². The van der Waals surface area contributed by atoms with Gasteiger partial charge >= 0.3 is 0 Å². The molecular weight excluding hydrogens is 623 g/mol. The molecule has 0 amide bonds. The third-order valence-electron chi connectivity index (χ3n) is 9.92. The quantitative estimate of drug-likeness (QED) is 0.201. The SMILES string of the molecule is c1ccc(-c2ccc(-c3cccc4c3oc3cccc(C5N=C(c6ccc7ccccc7c6)NC(c6ccc7ccccc7c6)=N5)c34)cc2)cc1. The number of hydrogen-bond donors (Lipinski definition) is 1. The normalized spacial score (nSPS) is 13.4. The first kappa shape index (κ1) is 29.2. The van der Waals surface area contributed by atoms with Crippen molar-refractivity contribution in [3.05, 3.63) is 193 Å². The van der Waals surface area contributed by atoms with Gasteiger partial charge < -0.3 is 9.73 Å². The zero-order chi connectivity index (χ0) is 33.7. The molecule has 0 atom stereocenters. The number of aliphatic imine (C=N–C) groups is 2. The van der Waals surface area contributed by atoms with Crippen LogP contribution >= 0.6 is 0 Å². The van der Waals surface area contributed by atoms with Crippen molar-refractivity contribution in [2.75, 3.05) is 0 Å². The molecule has 0 bridgehead atoms. The Balaban J connectivity index is 1.12. The smallest absolute Gasteiger partial charge is 0.170 e. The predicted molar refractivity (Wildman–Crippen MR) is 211 cm³/mol. The second kappa shape index (κ2) is 12.0. The second-order valence-corrected chi connectivity index (χ2v) is 13.0. The van der Waals surface area contributed by atoms with Crippen LogP contribution in [0.3, 0.4) is 0 Å². The fraction of sp³-hybridized carbons (Fsp3) is 0.0213. The minimum atomic E-state index is -0.493. The zero-order valence-corrected chi connectivity index (χ0v) is 27.6. The molecular formula is C47H31N3O. The summed E-state index contributed by atoms with van der Waals surface area (Å²) >= 11 is 0. The Kier molecular flexibility index (Phi) is 6.85. The molecule has 0 radical (unpaired) electrons. The summed E-state index contributed by atoms with van der Waals surface area (Å²) in [4.78, 5) is 10.6. The van der Waals surface area contributed by atoms with Gasteiger partial charge in [-0.3, -0.25) is 0 Å². The van der Waals surface area contributed by atoms with Gasteiger partial charge in [-0.15, -0.1) is 0 Å². The molecule has 0 aliphatic carbocycles. The monoisotopic (exact) mass is 653 g/mol. The number of hydrogen-bond acceptors (Lipinski definition) is 4. The summed E-state index contributed by atoms with van der Waals surface area (Å²) in [5, 5.41) is 10.4. The van der Waals surface area contributed by atoms with Crippen LogP contribution in [0.4, 0.5) is 0 Å². The van der Waals surface area contributed by atoms with E-state index in [4.69, 9.17) is 14.4 Å². The van der Waals surface area contributed by atoms with E-state index in [1.807, 2.05) is 18.2 Å². The highest BCUT2D eigenvalue weighted by atomic mass is 16.3. The van der Waals surface area contributed by atoms with E-state index in [9.17, 15) is 0 Å². The molecule has 4 heteroatoms. The molecule has 8 aromatic carbocycles. The van der Waals surface area contributed by atoms with Gasteiger partial charge in [0.15, 0.2) is 6.17 Å². The molecule has 0 unspecified atom stereocenters. The first-order valence-corrected chi connectivity index (χ1v) is 17.3. The van der Waals surface area contributed by atoms with Crippen LogP contribution in [0.2, 0.25) is 0 Å². The first-order chi connectivity index (χ1) is 25.2. The molecule has 1 aliphatic rings. The number of para-hydroxylation sites is 1. The molecule has 9 aromatic rings. The number of amidine groups is 2. The summed E-state index contributed by atoms with van der Waals surface area (Å²) in [5.41, 5.74) is 9.25. The molecule has 4 nitrogen and oxygen atoms in total. The summed E-state index contributed by atoms with van der Waals surface area (Å²) < 4.78 is 6.69. The number of benzene rings is 8. The number of rotatable bonds is 5. The van der Waals surface area contributed by atoms with Crippen LogP contribution in [-0.4, -0.2) is 11.7 Å². The molecule has 0 saturated heterocycles. The highest BCUT2D eigenvalue weighted by Crippen LogP contribution is 2.41. The molecule has 240 valence electrons. The van der Waals surface area contributed by atoms with Crippen LogP contribution in [0.15, 0.2) is 190 Å². The van der Waals surface area contributed by atoms with Gasteiger partial charge in [-0.1, -0.05) is 158 Å². The van der Waals surface area contributed by atoms with Crippen molar-refractivity contribution < 1.29 is 4.42 Å². The molecule has 0 saturated carbocycles. The van der Waals surface area contributed by atoms with Gasteiger partial charge in [0.25, 0.3) is 0 Å². The predicted octanol–water partition coefficient (Wildman–Crippen LogP) is 11.7. The fourth-order valence-corrected chi connectivity index (χ4v) is 7.35. The molecule has 0 spiro atoms. The third kappa shape index (κ3) is 5.17. The Bertz CT molecular complexity index is 2730. The lowest BCUT2D eigenvalue weighted by atomic mass is 9.97. The van der Waals surface area contributed by atoms with Crippen molar-refractivity contribution >= 4 is 55.2 Å². The van der Waals surface area contributed by atoms with E-state index in [0.29, 0.717) is 0 Å². The molecule has 0 fully saturated rings. The number of fused-ring (bicyclic) bond motifs is 5. The van der Waals surface area contributed by atoms with E-state index < -0.39 is 6.17 Å². The zero-order valence-electron chi connectivity index (χ0n) is 27.6. The fourth-order valence-electron chi connectivity index (χ4n) is 7.35. The van der Waals surface area contributed by atoms with Crippen LogP contribution in [0.25, 0.3) is 65.7 Å². The standard InChI is InChI=1S/C47H31N3O/c1-2-10-30(11-3-1)33-20-24-34(25-21-33)39-16-8-17-40-43-41(18-9-19-42(43)51-44(39)40)47-49-45(37-26-22-31-12-4-6-14-35(31)28-37)48-46(50-47)38-27-23-32-13-5-7-15-36(32)29-38/h1-29,47H,(H,48,49,50). The lowest BCUT2D eigenvalue weighted by Gasteiger charge is -2.23. The largest absolute Gasteiger partial charge is 0.455 e. The highest BCUT2D eigenvalue weighted by molar-refractivity contribution is 6.18. The van der Waals surface area contributed by atoms with E-state index in [-0.39, 0.29) is 0 Å². The highest BCUT2D eigenvalue weighted by Gasteiger charge is 2.25.